The Morgan fingerprint density at radius 3 is 2.80 bits per heavy atom. The molecule has 0 aromatic carbocycles. The van der Waals surface area contributed by atoms with Gasteiger partial charge in [-0.2, -0.15) is 0 Å². The summed E-state index contributed by atoms with van der Waals surface area (Å²) in [5.74, 6) is 1.76. The van der Waals surface area contributed by atoms with E-state index in [-0.39, 0.29) is 24.8 Å². The zero-order chi connectivity index (χ0) is 8.67. The molecule has 2 heterocycles. The molecule has 0 unspecified atom stereocenters. The third kappa shape index (κ3) is 2.60. The molecule has 3 rings (SSSR count). The Morgan fingerprint density at radius 1 is 1.27 bits per heavy atom. The van der Waals surface area contributed by atoms with Gasteiger partial charge in [-0.25, -0.2) is 9.97 Å². The van der Waals surface area contributed by atoms with Gasteiger partial charge in [-0.05, 0) is 12.8 Å². The molecule has 1 aromatic heterocycles. The first-order valence-corrected chi connectivity index (χ1v) is 4.99. The van der Waals surface area contributed by atoms with E-state index in [2.05, 4.69) is 15.3 Å². The van der Waals surface area contributed by atoms with E-state index in [1.54, 1.807) is 0 Å². The first kappa shape index (κ1) is 12.7. The van der Waals surface area contributed by atoms with Gasteiger partial charge in [0, 0.05) is 42.9 Å². The van der Waals surface area contributed by atoms with Crippen molar-refractivity contribution in [2.45, 2.75) is 31.7 Å². The SMILES string of the molecule is Cl.Cl.c1nc(C2CC2)nc2c1CNCC2. The zero-order valence-corrected chi connectivity index (χ0v) is 10.0. The van der Waals surface area contributed by atoms with Crippen molar-refractivity contribution in [2.24, 2.45) is 0 Å². The largest absolute Gasteiger partial charge is 0.312 e. The van der Waals surface area contributed by atoms with E-state index in [0.717, 1.165) is 25.3 Å². The van der Waals surface area contributed by atoms with Crippen LogP contribution in [0, 0.1) is 0 Å². The fourth-order valence-corrected chi connectivity index (χ4v) is 1.79. The van der Waals surface area contributed by atoms with Crippen LogP contribution < -0.4 is 5.32 Å². The van der Waals surface area contributed by atoms with E-state index in [9.17, 15) is 0 Å². The van der Waals surface area contributed by atoms with Crippen LogP contribution in [0.5, 0.6) is 0 Å². The summed E-state index contributed by atoms with van der Waals surface area (Å²) in [5, 5.41) is 3.33. The van der Waals surface area contributed by atoms with Gasteiger partial charge in [0.15, 0.2) is 0 Å². The van der Waals surface area contributed by atoms with Crippen molar-refractivity contribution >= 4 is 24.8 Å². The molecule has 2 aliphatic rings. The molecule has 1 fully saturated rings. The summed E-state index contributed by atoms with van der Waals surface area (Å²) >= 11 is 0. The highest BCUT2D eigenvalue weighted by Crippen LogP contribution is 2.38. The number of rotatable bonds is 1. The maximum absolute atomic E-state index is 4.62. The Kier molecular flexibility index (Phi) is 4.32. The van der Waals surface area contributed by atoms with E-state index in [0.29, 0.717) is 5.92 Å². The molecule has 0 atom stereocenters. The molecule has 1 saturated carbocycles. The van der Waals surface area contributed by atoms with E-state index in [1.165, 1.54) is 24.1 Å². The molecule has 0 saturated heterocycles. The number of aromatic nitrogens is 2. The third-order valence-corrected chi connectivity index (χ3v) is 2.77. The molecular weight excluding hydrogens is 233 g/mol. The lowest BCUT2D eigenvalue weighted by atomic mass is 10.1. The second-order valence-corrected chi connectivity index (χ2v) is 3.90. The number of hydrogen-bond acceptors (Lipinski definition) is 3. The van der Waals surface area contributed by atoms with Gasteiger partial charge in [0.25, 0.3) is 0 Å². The van der Waals surface area contributed by atoms with Crippen LogP contribution in [0.25, 0.3) is 0 Å². The lowest BCUT2D eigenvalue weighted by Gasteiger charge is -2.15. The van der Waals surface area contributed by atoms with Crippen LogP contribution in [0.1, 0.15) is 35.8 Å². The summed E-state index contributed by atoms with van der Waals surface area (Å²) in [5.41, 5.74) is 2.56. The molecule has 0 amide bonds. The number of fused-ring (bicyclic) bond motifs is 1. The summed E-state index contributed by atoms with van der Waals surface area (Å²) < 4.78 is 0. The van der Waals surface area contributed by atoms with E-state index in [4.69, 9.17) is 0 Å². The predicted molar refractivity (Wildman–Crippen MR) is 63.9 cm³/mol. The van der Waals surface area contributed by atoms with Crippen LogP contribution in [-0.4, -0.2) is 16.5 Å². The average molecular weight is 248 g/mol. The molecule has 1 aliphatic carbocycles. The van der Waals surface area contributed by atoms with Gasteiger partial charge in [0.1, 0.15) is 5.82 Å². The first-order valence-electron chi connectivity index (χ1n) is 4.99. The normalized spacial score (nSPS) is 18.4. The first-order chi connectivity index (χ1) is 6.43. The zero-order valence-electron chi connectivity index (χ0n) is 8.40. The number of halogens is 2. The van der Waals surface area contributed by atoms with Gasteiger partial charge < -0.3 is 5.32 Å². The van der Waals surface area contributed by atoms with Crippen molar-refractivity contribution in [2.75, 3.05) is 6.54 Å². The van der Waals surface area contributed by atoms with Crippen LogP contribution >= 0.6 is 24.8 Å². The van der Waals surface area contributed by atoms with Crippen LogP contribution in [0.4, 0.5) is 0 Å². The summed E-state index contributed by atoms with van der Waals surface area (Å²) in [6.07, 6.45) is 5.65. The molecule has 0 radical (unpaired) electrons. The molecule has 1 aromatic rings. The highest BCUT2D eigenvalue weighted by molar-refractivity contribution is 5.85. The highest BCUT2D eigenvalue weighted by Gasteiger charge is 2.27. The fourth-order valence-electron chi connectivity index (χ4n) is 1.79. The smallest absolute Gasteiger partial charge is 0.131 e. The minimum Gasteiger partial charge on any atom is -0.312 e. The Balaban J connectivity index is 0.000000562. The molecule has 1 N–H and O–H groups in total. The van der Waals surface area contributed by atoms with Gasteiger partial charge in [0.2, 0.25) is 0 Å². The van der Waals surface area contributed by atoms with Gasteiger partial charge in [-0.15, -0.1) is 24.8 Å². The number of hydrogen-bond donors (Lipinski definition) is 1. The minimum absolute atomic E-state index is 0. The van der Waals surface area contributed by atoms with Crippen molar-refractivity contribution in [1.82, 2.24) is 15.3 Å². The molecular formula is C10H15Cl2N3. The summed E-state index contributed by atoms with van der Waals surface area (Å²) in [6.45, 7) is 2.01. The number of nitrogens with one attached hydrogen (secondary N) is 1. The quantitative estimate of drug-likeness (QED) is 0.824. The standard InChI is InChI=1S/C10H13N3.2ClH/c1-2-7(1)10-12-6-8-5-11-4-3-9(8)13-10;;/h6-7,11H,1-5H2;2*1H. The van der Waals surface area contributed by atoms with E-state index >= 15 is 0 Å². The molecule has 0 spiro atoms. The minimum atomic E-state index is 0. The molecule has 3 nitrogen and oxygen atoms in total. The second kappa shape index (κ2) is 5.10. The molecule has 0 bridgehead atoms. The predicted octanol–water partition coefficient (Wildman–Crippen LogP) is 1.84. The van der Waals surface area contributed by atoms with Gasteiger partial charge in [0.05, 0.1) is 0 Å². The Bertz CT molecular complexity index is 339. The summed E-state index contributed by atoms with van der Waals surface area (Å²) in [7, 11) is 0. The Hall–Kier alpha value is -0.380. The van der Waals surface area contributed by atoms with Gasteiger partial charge in [-0.1, -0.05) is 0 Å². The Morgan fingerprint density at radius 2 is 2.07 bits per heavy atom. The summed E-state index contributed by atoms with van der Waals surface area (Å²) in [6, 6.07) is 0. The van der Waals surface area contributed by atoms with Crippen LogP contribution in [0.15, 0.2) is 6.20 Å². The van der Waals surface area contributed by atoms with Crippen molar-refractivity contribution in [3.05, 3.63) is 23.3 Å². The molecule has 15 heavy (non-hydrogen) atoms. The van der Waals surface area contributed by atoms with E-state index < -0.39 is 0 Å². The van der Waals surface area contributed by atoms with Crippen molar-refractivity contribution in [3.63, 3.8) is 0 Å². The lowest BCUT2D eigenvalue weighted by Crippen LogP contribution is -2.25. The third-order valence-electron chi connectivity index (χ3n) is 2.77. The van der Waals surface area contributed by atoms with Crippen molar-refractivity contribution < 1.29 is 0 Å². The van der Waals surface area contributed by atoms with Gasteiger partial charge in [-0.3, -0.25) is 0 Å². The number of nitrogens with zero attached hydrogens (tertiary/aromatic N) is 2. The topological polar surface area (TPSA) is 37.8 Å². The van der Waals surface area contributed by atoms with E-state index in [1.807, 2.05) is 6.20 Å². The molecule has 1 aliphatic heterocycles. The van der Waals surface area contributed by atoms with Crippen LogP contribution in [0.3, 0.4) is 0 Å². The lowest BCUT2D eigenvalue weighted by molar-refractivity contribution is 0.620. The highest BCUT2D eigenvalue weighted by atomic mass is 35.5. The average Bonchev–Trinajstić information content (AvgIpc) is 3.00. The second-order valence-electron chi connectivity index (χ2n) is 3.90. The maximum Gasteiger partial charge on any atom is 0.131 e. The fraction of sp³-hybridized carbons (Fsp3) is 0.600. The van der Waals surface area contributed by atoms with Gasteiger partial charge >= 0.3 is 0 Å². The Labute approximate surface area is 102 Å². The van der Waals surface area contributed by atoms with Crippen LogP contribution in [-0.2, 0) is 13.0 Å². The van der Waals surface area contributed by atoms with Crippen molar-refractivity contribution in [1.29, 1.82) is 0 Å². The molecule has 84 valence electrons. The van der Waals surface area contributed by atoms with Crippen LogP contribution in [0.2, 0.25) is 0 Å². The maximum atomic E-state index is 4.62. The van der Waals surface area contributed by atoms with Crippen molar-refractivity contribution in [3.8, 4) is 0 Å². The summed E-state index contributed by atoms with van der Waals surface area (Å²) in [4.78, 5) is 9.03. The monoisotopic (exact) mass is 247 g/mol. The molecule has 5 heteroatoms.